The molecule has 1 aromatic heterocycles. The van der Waals surface area contributed by atoms with E-state index in [9.17, 15) is 4.79 Å². The first-order valence-electron chi connectivity index (χ1n) is 7.89. The van der Waals surface area contributed by atoms with E-state index >= 15 is 0 Å². The zero-order chi connectivity index (χ0) is 15.5. The number of hydrogen-bond acceptors (Lipinski definition) is 2. The second kappa shape index (κ2) is 6.19. The molecule has 1 aliphatic rings. The summed E-state index contributed by atoms with van der Waals surface area (Å²) in [6.07, 6.45) is 4.63. The number of hydrogen-bond donors (Lipinski definition) is 0. The van der Waals surface area contributed by atoms with Crippen molar-refractivity contribution in [3.63, 3.8) is 0 Å². The van der Waals surface area contributed by atoms with Gasteiger partial charge in [0.25, 0.3) is 5.56 Å². The number of nitrogens with zero attached hydrogens (tertiary/aromatic N) is 2. The second-order valence-corrected chi connectivity index (χ2v) is 6.06. The molecule has 22 heavy (non-hydrogen) atoms. The lowest BCUT2D eigenvalue weighted by atomic mass is 10.1. The van der Waals surface area contributed by atoms with Crippen LogP contribution in [0.1, 0.15) is 42.9 Å². The summed E-state index contributed by atoms with van der Waals surface area (Å²) in [5, 5.41) is 8.92. The van der Waals surface area contributed by atoms with E-state index in [4.69, 9.17) is 5.26 Å². The number of pyridine rings is 1. The molecule has 3 rings (SSSR count). The molecule has 1 fully saturated rings. The molecule has 1 saturated carbocycles. The van der Waals surface area contributed by atoms with Gasteiger partial charge in [0.2, 0.25) is 0 Å². The van der Waals surface area contributed by atoms with Crippen molar-refractivity contribution in [2.24, 2.45) is 0 Å². The van der Waals surface area contributed by atoms with Crippen LogP contribution in [0.2, 0.25) is 0 Å². The van der Waals surface area contributed by atoms with Gasteiger partial charge in [-0.25, -0.2) is 0 Å². The molecule has 112 valence electrons. The molecular formula is C19H20N2O. The van der Waals surface area contributed by atoms with Crippen LogP contribution in [-0.4, -0.2) is 4.57 Å². The van der Waals surface area contributed by atoms with Crippen LogP contribution in [0.5, 0.6) is 0 Å². The molecule has 0 radical (unpaired) electrons. The largest absolute Gasteiger partial charge is 0.305 e. The van der Waals surface area contributed by atoms with Crippen molar-refractivity contribution < 1.29 is 0 Å². The lowest BCUT2D eigenvalue weighted by Crippen LogP contribution is -2.27. The van der Waals surface area contributed by atoms with Gasteiger partial charge in [-0.15, -0.1) is 0 Å². The fraction of sp³-hybridized carbons (Fsp3) is 0.368. The van der Waals surface area contributed by atoms with Crippen LogP contribution in [-0.2, 0) is 6.42 Å². The van der Waals surface area contributed by atoms with Gasteiger partial charge in [0.15, 0.2) is 0 Å². The van der Waals surface area contributed by atoms with Crippen LogP contribution < -0.4 is 5.56 Å². The molecular weight excluding hydrogens is 272 g/mol. The molecule has 0 atom stereocenters. The number of aromatic nitrogens is 1. The van der Waals surface area contributed by atoms with E-state index < -0.39 is 0 Å². The van der Waals surface area contributed by atoms with Crippen LogP contribution >= 0.6 is 0 Å². The monoisotopic (exact) mass is 292 g/mol. The van der Waals surface area contributed by atoms with Crippen LogP contribution in [0.4, 0.5) is 0 Å². The Morgan fingerprint density at radius 3 is 2.45 bits per heavy atom. The maximum Gasteiger partial charge on any atom is 0.255 e. The number of aryl methyl sites for hydroxylation is 1. The van der Waals surface area contributed by atoms with Gasteiger partial charge in [-0.2, -0.15) is 5.26 Å². The van der Waals surface area contributed by atoms with Gasteiger partial charge < -0.3 is 4.57 Å². The van der Waals surface area contributed by atoms with E-state index in [0.717, 1.165) is 24.1 Å². The maximum atomic E-state index is 12.8. The zero-order valence-corrected chi connectivity index (χ0v) is 12.9. The van der Waals surface area contributed by atoms with Crippen LogP contribution in [0.25, 0.3) is 11.3 Å². The van der Waals surface area contributed by atoms with Gasteiger partial charge in [-0.1, -0.05) is 48.7 Å². The minimum absolute atomic E-state index is 0.00604. The first-order chi connectivity index (χ1) is 10.7. The van der Waals surface area contributed by atoms with Crippen LogP contribution in [0, 0.1) is 18.3 Å². The van der Waals surface area contributed by atoms with Crippen LogP contribution in [0.15, 0.2) is 41.2 Å². The predicted molar refractivity (Wildman–Crippen MR) is 87.7 cm³/mol. The SMILES string of the molecule is Cc1ccc(-c2ccc(CC#N)c(=O)n2C2CCCC2)cc1. The van der Waals surface area contributed by atoms with Gasteiger partial charge in [0.05, 0.1) is 18.2 Å². The smallest absolute Gasteiger partial charge is 0.255 e. The average molecular weight is 292 g/mol. The summed E-state index contributed by atoms with van der Waals surface area (Å²) in [7, 11) is 0. The molecule has 0 bridgehead atoms. The summed E-state index contributed by atoms with van der Waals surface area (Å²) in [6.45, 7) is 2.06. The highest BCUT2D eigenvalue weighted by atomic mass is 16.1. The van der Waals surface area contributed by atoms with E-state index in [1.54, 1.807) is 0 Å². The molecule has 1 aromatic carbocycles. The maximum absolute atomic E-state index is 12.8. The minimum atomic E-state index is 0.00604. The molecule has 3 heteroatoms. The third-order valence-corrected chi connectivity index (χ3v) is 4.50. The first-order valence-corrected chi connectivity index (χ1v) is 7.89. The van der Waals surface area contributed by atoms with E-state index in [1.807, 2.05) is 16.7 Å². The summed E-state index contributed by atoms with van der Waals surface area (Å²) in [5.41, 5.74) is 3.85. The molecule has 0 spiro atoms. The minimum Gasteiger partial charge on any atom is -0.305 e. The Balaban J connectivity index is 2.16. The standard InChI is InChI=1S/C19H20N2O/c1-14-6-8-15(9-7-14)18-11-10-16(12-13-20)19(22)21(18)17-4-2-3-5-17/h6-11,17H,2-5,12H2,1H3. The van der Waals surface area contributed by atoms with E-state index in [-0.39, 0.29) is 18.0 Å². The van der Waals surface area contributed by atoms with Crippen molar-refractivity contribution in [2.75, 3.05) is 0 Å². The summed E-state index contributed by atoms with van der Waals surface area (Å²) in [4.78, 5) is 12.8. The molecule has 0 unspecified atom stereocenters. The van der Waals surface area contributed by atoms with Crippen LogP contribution in [0.3, 0.4) is 0 Å². The molecule has 1 heterocycles. The summed E-state index contributed by atoms with van der Waals surface area (Å²) >= 11 is 0. The molecule has 2 aromatic rings. The van der Waals surface area contributed by atoms with Crippen molar-refractivity contribution >= 4 is 0 Å². The third-order valence-electron chi connectivity index (χ3n) is 4.50. The molecule has 0 saturated heterocycles. The average Bonchev–Trinajstić information content (AvgIpc) is 3.04. The Bertz CT molecular complexity index is 760. The molecule has 3 nitrogen and oxygen atoms in total. The number of nitriles is 1. The van der Waals surface area contributed by atoms with Gasteiger partial charge in [-0.3, -0.25) is 4.79 Å². The second-order valence-electron chi connectivity index (χ2n) is 6.06. The van der Waals surface area contributed by atoms with E-state index in [0.29, 0.717) is 5.56 Å². The number of rotatable bonds is 3. The van der Waals surface area contributed by atoms with Gasteiger partial charge in [0, 0.05) is 11.6 Å². The predicted octanol–water partition coefficient (Wildman–Crippen LogP) is 4.00. The molecule has 0 aliphatic heterocycles. The Kier molecular flexibility index (Phi) is 4.11. The fourth-order valence-corrected chi connectivity index (χ4v) is 3.30. The third kappa shape index (κ3) is 2.69. The first kappa shape index (κ1) is 14.6. The highest BCUT2D eigenvalue weighted by Gasteiger charge is 2.22. The Hall–Kier alpha value is -2.34. The lowest BCUT2D eigenvalue weighted by molar-refractivity contribution is 0.505. The van der Waals surface area contributed by atoms with Crippen molar-refractivity contribution in [1.82, 2.24) is 4.57 Å². The normalized spacial score (nSPS) is 14.9. The summed E-state index contributed by atoms with van der Waals surface area (Å²) in [5.74, 6) is 0. The zero-order valence-electron chi connectivity index (χ0n) is 12.9. The molecule has 0 amide bonds. The summed E-state index contributed by atoms with van der Waals surface area (Å²) < 4.78 is 1.93. The van der Waals surface area contributed by atoms with Gasteiger partial charge >= 0.3 is 0 Å². The Morgan fingerprint density at radius 2 is 1.82 bits per heavy atom. The van der Waals surface area contributed by atoms with E-state index in [2.05, 4.69) is 37.3 Å². The molecule has 0 N–H and O–H groups in total. The highest BCUT2D eigenvalue weighted by molar-refractivity contribution is 5.60. The fourth-order valence-electron chi connectivity index (χ4n) is 3.30. The quantitative estimate of drug-likeness (QED) is 0.858. The van der Waals surface area contributed by atoms with Gasteiger partial charge in [0.1, 0.15) is 0 Å². The Morgan fingerprint density at radius 1 is 1.14 bits per heavy atom. The summed E-state index contributed by atoms with van der Waals surface area (Å²) in [6, 6.07) is 14.5. The lowest BCUT2D eigenvalue weighted by Gasteiger charge is -2.20. The van der Waals surface area contributed by atoms with Crippen molar-refractivity contribution in [1.29, 1.82) is 5.26 Å². The molecule has 1 aliphatic carbocycles. The van der Waals surface area contributed by atoms with E-state index in [1.165, 1.54) is 18.4 Å². The highest BCUT2D eigenvalue weighted by Crippen LogP contribution is 2.32. The topological polar surface area (TPSA) is 45.8 Å². The van der Waals surface area contributed by atoms with Crippen molar-refractivity contribution in [2.45, 2.75) is 45.1 Å². The van der Waals surface area contributed by atoms with Gasteiger partial charge in [-0.05, 0) is 31.4 Å². The van der Waals surface area contributed by atoms with Crippen molar-refractivity contribution in [3.05, 3.63) is 57.9 Å². The number of benzene rings is 1. The Labute approximate surface area is 130 Å². The van der Waals surface area contributed by atoms with Crippen molar-refractivity contribution in [3.8, 4) is 17.3 Å².